The summed E-state index contributed by atoms with van der Waals surface area (Å²) in [6.07, 6.45) is 2.42. The zero-order valence-corrected chi connectivity index (χ0v) is 15.7. The van der Waals surface area contributed by atoms with Crippen molar-refractivity contribution in [2.24, 2.45) is 0 Å². The fraction of sp³-hybridized carbons (Fsp3) is 0.294. The Labute approximate surface area is 163 Å². The number of aryl methyl sites for hydroxylation is 2. The van der Waals surface area contributed by atoms with Crippen molar-refractivity contribution in [2.45, 2.75) is 25.9 Å². The van der Waals surface area contributed by atoms with E-state index in [1.807, 2.05) is 24.3 Å². The van der Waals surface area contributed by atoms with E-state index in [-0.39, 0.29) is 30.6 Å². The molecule has 142 valence electrons. The van der Waals surface area contributed by atoms with Crippen LogP contribution in [0.3, 0.4) is 0 Å². The van der Waals surface area contributed by atoms with Crippen molar-refractivity contribution in [1.29, 1.82) is 0 Å². The minimum Gasteiger partial charge on any atom is -0.395 e. The zero-order chi connectivity index (χ0) is 19.4. The highest BCUT2D eigenvalue weighted by molar-refractivity contribution is 6.30. The fourth-order valence-corrected chi connectivity index (χ4v) is 2.87. The lowest BCUT2D eigenvalue weighted by atomic mass is 10.1. The lowest BCUT2D eigenvalue weighted by Gasteiger charge is -2.08. The van der Waals surface area contributed by atoms with Gasteiger partial charge in [-0.25, -0.2) is 9.36 Å². The van der Waals surface area contributed by atoms with E-state index in [4.69, 9.17) is 32.8 Å². The number of hydrogen-bond donors (Lipinski definition) is 1. The lowest BCUT2D eigenvalue weighted by Crippen LogP contribution is -2.40. The summed E-state index contributed by atoms with van der Waals surface area (Å²) in [6.45, 7) is -0.434. The molecule has 0 aliphatic carbocycles. The van der Waals surface area contributed by atoms with Gasteiger partial charge in [0.25, 0.3) is 5.56 Å². The first-order chi connectivity index (χ1) is 13.0. The highest BCUT2D eigenvalue weighted by Gasteiger charge is 2.14. The lowest BCUT2D eigenvalue weighted by molar-refractivity contribution is 0.271. The van der Waals surface area contributed by atoms with E-state index in [1.165, 1.54) is 6.20 Å². The van der Waals surface area contributed by atoms with Gasteiger partial charge in [-0.1, -0.05) is 40.5 Å². The van der Waals surface area contributed by atoms with Crippen LogP contribution < -0.4 is 11.2 Å². The van der Waals surface area contributed by atoms with E-state index >= 15 is 0 Å². The van der Waals surface area contributed by atoms with Crippen molar-refractivity contribution in [3.63, 3.8) is 0 Å². The second kappa shape index (κ2) is 8.51. The molecule has 3 aromatic rings. The monoisotopic (exact) mass is 410 g/mol. The number of halogens is 2. The summed E-state index contributed by atoms with van der Waals surface area (Å²) in [6, 6.07) is 7.44. The second-order valence-electron chi connectivity index (χ2n) is 5.80. The molecule has 1 aromatic carbocycles. The predicted molar refractivity (Wildman–Crippen MR) is 99.3 cm³/mol. The number of rotatable bonds is 7. The van der Waals surface area contributed by atoms with Gasteiger partial charge in [-0.05, 0) is 24.1 Å². The molecule has 0 saturated carbocycles. The van der Waals surface area contributed by atoms with Gasteiger partial charge in [0.15, 0.2) is 5.82 Å². The quantitative estimate of drug-likeness (QED) is 0.633. The van der Waals surface area contributed by atoms with Gasteiger partial charge in [0, 0.05) is 17.6 Å². The third-order valence-corrected chi connectivity index (χ3v) is 4.40. The van der Waals surface area contributed by atoms with Gasteiger partial charge in [0.2, 0.25) is 5.89 Å². The van der Waals surface area contributed by atoms with Gasteiger partial charge in [0.05, 0.1) is 13.2 Å². The average Bonchev–Trinajstić information content (AvgIpc) is 3.10. The molecule has 10 heteroatoms. The largest absolute Gasteiger partial charge is 0.395 e. The van der Waals surface area contributed by atoms with E-state index < -0.39 is 11.2 Å². The van der Waals surface area contributed by atoms with Crippen molar-refractivity contribution in [3.05, 3.63) is 78.6 Å². The van der Waals surface area contributed by atoms with Gasteiger partial charge in [0.1, 0.15) is 11.6 Å². The molecule has 0 spiro atoms. The van der Waals surface area contributed by atoms with E-state index in [0.717, 1.165) is 14.7 Å². The molecule has 0 aliphatic rings. The van der Waals surface area contributed by atoms with Crippen LogP contribution in [0.25, 0.3) is 0 Å². The zero-order valence-electron chi connectivity index (χ0n) is 14.1. The van der Waals surface area contributed by atoms with Gasteiger partial charge in [-0.15, -0.1) is 0 Å². The third-order valence-electron chi connectivity index (χ3n) is 3.89. The third kappa shape index (κ3) is 4.65. The summed E-state index contributed by atoms with van der Waals surface area (Å²) < 4.78 is 7.19. The van der Waals surface area contributed by atoms with Crippen molar-refractivity contribution < 1.29 is 9.63 Å². The molecule has 0 fully saturated rings. The Morgan fingerprint density at radius 1 is 1.11 bits per heavy atom. The maximum Gasteiger partial charge on any atom is 0.331 e. The number of aromatic nitrogens is 4. The molecule has 8 nitrogen and oxygen atoms in total. The minimum atomic E-state index is -0.656. The smallest absolute Gasteiger partial charge is 0.331 e. The van der Waals surface area contributed by atoms with Gasteiger partial charge >= 0.3 is 5.69 Å². The SMILES string of the molecule is O=c1c(Cl)cn(CCO)c(=O)n1Cc1nc(CCc2ccc(Cl)cc2)no1. The Kier molecular flexibility index (Phi) is 6.10. The van der Waals surface area contributed by atoms with Crippen LogP contribution in [0.2, 0.25) is 10.0 Å². The Balaban J connectivity index is 1.75. The van der Waals surface area contributed by atoms with Gasteiger partial charge < -0.3 is 9.63 Å². The van der Waals surface area contributed by atoms with Crippen LogP contribution in [0.5, 0.6) is 0 Å². The molecule has 0 atom stereocenters. The highest BCUT2D eigenvalue weighted by Crippen LogP contribution is 2.11. The number of benzene rings is 1. The van der Waals surface area contributed by atoms with Gasteiger partial charge in [-0.3, -0.25) is 9.36 Å². The first kappa shape index (κ1) is 19.3. The van der Waals surface area contributed by atoms with Crippen molar-refractivity contribution in [1.82, 2.24) is 19.3 Å². The predicted octanol–water partition coefficient (Wildman–Crippen LogP) is 1.53. The van der Waals surface area contributed by atoms with Crippen molar-refractivity contribution in [3.8, 4) is 0 Å². The molecule has 3 rings (SSSR count). The van der Waals surface area contributed by atoms with Crippen molar-refractivity contribution >= 4 is 23.2 Å². The van der Waals surface area contributed by atoms with E-state index in [1.54, 1.807) is 0 Å². The molecular formula is C17H16Cl2N4O4. The van der Waals surface area contributed by atoms with E-state index in [9.17, 15) is 9.59 Å². The number of aliphatic hydroxyl groups excluding tert-OH is 1. The second-order valence-corrected chi connectivity index (χ2v) is 6.64. The Hall–Kier alpha value is -2.42. The average molecular weight is 411 g/mol. The minimum absolute atomic E-state index is 0.0228. The molecule has 27 heavy (non-hydrogen) atoms. The Morgan fingerprint density at radius 2 is 1.85 bits per heavy atom. The molecule has 1 N–H and O–H groups in total. The maximum absolute atomic E-state index is 12.3. The molecule has 0 aliphatic heterocycles. The normalized spacial score (nSPS) is 11.1. The summed E-state index contributed by atoms with van der Waals surface area (Å²) in [7, 11) is 0. The van der Waals surface area contributed by atoms with Crippen LogP contribution in [0.1, 0.15) is 17.3 Å². The molecule has 0 amide bonds. The fourth-order valence-electron chi connectivity index (χ4n) is 2.52. The first-order valence-corrected chi connectivity index (χ1v) is 8.90. The number of aliphatic hydroxyl groups is 1. The van der Waals surface area contributed by atoms with Crippen LogP contribution in [-0.4, -0.2) is 31.0 Å². The summed E-state index contributed by atoms with van der Waals surface area (Å²) >= 11 is 11.7. The van der Waals surface area contributed by atoms with Crippen LogP contribution in [-0.2, 0) is 25.9 Å². The molecule has 0 bridgehead atoms. The Bertz CT molecular complexity index is 1040. The van der Waals surface area contributed by atoms with Crippen LogP contribution in [0.15, 0.2) is 44.6 Å². The molecule has 2 heterocycles. The van der Waals surface area contributed by atoms with Crippen LogP contribution in [0, 0.1) is 0 Å². The first-order valence-electron chi connectivity index (χ1n) is 8.14. The topological polar surface area (TPSA) is 103 Å². The van der Waals surface area contributed by atoms with Crippen LogP contribution >= 0.6 is 23.2 Å². The van der Waals surface area contributed by atoms with Crippen molar-refractivity contribution in [2.75, 3.05) is 6.61 Å². The molecule has 0 unspecified atom stereocenters. The highest BCUT2D eigenvalue weighted by atomic mass is 35.5. The summed E-state index contributed by atoms with van der Waals surface area (Å²) in [5, 5.41) is 13.4. The molecular weight excluding hydrogens is 395 g/mol. The molecule has 0 radical (unpaired) electrons. The number of hydrogen-bond acceptors (Lipinski definition) is 6. The van der Waals surface area contributed by atoms with Crippen LogP contribution in [0.4, 0.5) is 0 Å². The van der Waals surface area contributed by atoms with Gasteiger partial charge in [-0.2, -0.15) is 4.98 Å². The number of nitrogens with zero attached hydrogens (tertiary/aromatic N) is 4. The molecule has 0 saturated heterocycles. The summed E-state index contributed by atoms with van der Waals surface area (Å²) in [4.78, 5) is 28.7. The molecule has 2 aromatic heterocycles. The summed E-state index contributed by atoms with van der Waals surface area (Å²) in [5.74, 6) is 0.587. The maximum atomic E-state index is 12.3. The standard InChI is InChI=1S/C17H16Cl2N4O4/c18-12-4-1-11(2-5-12)3-6-14-20-15(27-21-14)10-23-16(25)13(19)9-22(7-8-24)17(23)26/h1-2,4-5,9,24H,3,6-8,10H2. The summed E-state index contributed by atoms with van der Waals surface area (Å²) in [5.41, 5.74) is -0.195. The van der Waals surface area contributed by atoms with E-state index in [2.05, 4.69) is 10.1 Å². The Morgan fingerprint density at radius 3 is 2.56 bits per heavy atom. The van der Waals surface area contributed by atoms with E-state index in [0.29, 0.717) is 23.7 Å².